The van der Waals surface area contributed by atoms with Gasteiger partial charge in [-0.25, -0.2) is 13.1 Å². The molecule has 3 N–H and O–H groups in total. The largest absolute Gasteiger partial charge is 0.350 e. The van der Waals surface area contributed by atoms with Crippen LogP contribution in [-0.2, 0) is 10.0 Å². The third-order valence-corrected chi connectivity index (χ3v) is 5.70. The molecule has 0 heterocycles. The minimum Gasteiger partial charge on any atom is -0.350 e. The molecule has 0 aromatic heterocycles. The Hall–Kier alpha value is -2.42. The van der Waals surface area contributed by atoms with E-state index in [0.717, 1.165) is 0 Å². The lowest BCUT2D eigenvalue weighted by molar-refractivity contribution is 0.0927. The van der Waals surface area contributed by atoms with Crippen molar-refractivity contribution >= 4 is 33.4 Å². The number of halogens is 1. The van der Waals surface area contributed by atoms with E-state index in [1.165, 1.54) is 24.3 Å². The Labute approximate surface area is 175 Å². The van der Waals surface area contributed by atoms with E-state index in [1.807, 2.05) is 0 Å². The van der Waals surface area contributed by atoms with Crippen molar-refractivity contribution in [1.82, 2.24) is 15.4 Å². The first-order valence-electron chi connectivity index (χ1n) is 8.94. The summed E-state index contributed by atoms with van der Waals surface area (Å²) in [5, 5.41) is 5.91. The minimum atomic E-state index is -3.66. The average molecular weight is 438 g/mol. The van der Waals surface area contributed by atoms with Crippen LogP contribution < -0.4 is 15.4 Å². The van der Waals surface area contributed by atoms with Gasteiger partial charge in [0.25, 0.3) is 11.8 Å². The molecule has 0 saturated heterocycles. The molecule has 7 nitrogen and oxygen atoms in total. The highest BCUT2D eigenvalue weighted by Crippen LogP contribution is 2.14. The van der Waals surface area contributed by atoms with Gasteiger partial charge in [0.15, 0.2) is 0 Å². The maximum atomic E-state index is 12.3. The van der Waals surface area contributed by atoms with Crippen LogP contribution in [0.5, 0.6) is 0 Å². The molecule has 0 radical (unpaired) electrons. The zero-order chi connectivity index (χ0) is 21.7. The zero-order valence-electron chi connectivity index (χ0n) is 16.5. The zero-order valence-corrected chi connectivity index (χ0v) is 18.0. The van der Waals surface area contributed by atoms with Gasteiger partial charge in [0.1, 0.15) is 0 Å². The molecule has 9 heteroatoms. The molecule has 0 saturated carbocycles. The van der Waals surface area contributed by atoms with E-state index < -0.39 is 15.6 Å². The van der Waals surface area contributed by atoms with Crippen LogP contribution in [0.2, 0.25) is 5.02 Å². The molecule has 2 aromatic rings. The van der Waals surface area contributed by atoms with Crippen molar-refractivity contribution in [1.29, 1.82) is 0 Å². The Morgan fingerprint density at radius 1 is 0.828 bits per heavy atom. The SMILES string of the molecule is CC(C)(C)NS(=O)(=O)c1ccc(C(=O)NCCNC(=O)c2ccc(Cl)cc2)cc1. The number of sulfonamides is 1. The quantitative estimate of drug-likeness (QED) is 0.579. The van der Waals surface area contributed by atoms with Crippen molar-refractivity contribution in [2.24, 2.45) is 0 Å². The van der Waals surface area contributed by atoms with Gasteiger partial charge in [-0.15, -0.1) is 0 Å². The first-order valence-corrected chi connectivity index (χ1v) is 10.8. The van der Waals surface area contributed by atoms with Gasteiger partial charge in [-0.05, 0) is 69.3 Å². The normalized spacial score (nSPS) is 11.7. The summed E-state index contributed by atoms with van der Waals surface area (Å²) in [7, 11) is -3.66. The van der Waals surface area contributed by atoms with Crippen LogP contribution in [0, 0.1) is 0 Å². The van der Waals surface area contributed by atoms with Crippen molar-refractivity contribution in [3.63, 3.8) is 0 Å². The van der Waals surface area contributed by atoms with Crippen LogP contribution in [0.25, 0.3) is 0 Å². The van der Waals surface area contributed by atoms with Crippen LogP contribution in [0.4, 0.5) is 0 Å². The lowest BCUT2D eigenvalue weighted by atomic mass is 10.1. The average Bonchev–Trinajstić information content (AvgIpc) is 2.63. The molecule has 0 aliphatic heterocycles. The van der Waals surface area contributed by atoms with E-state index in [0.29, 0.717) is 16.1 Å². The molecule has 0 unspecified atom stereocenters. The number of hydrogen-bond donors (Lipinski definition) is 3. The molecule has 0 spiro atoms. The fraction of sp³-hybridized carbons (Fsp3) is 0.300. The Kier molecular flexibility index (Phi) is 7.40. The fourth-order valence-corrected chi connectivity index (χ4v) is 3.95. The summed E-state index contributed by atoms with van der Waals surface area (Å²) in [6.07, 6.45) is 0. The molecule has 2 rings (SSSR count). The number of rotatable bonds is 7. The molecule has 0 bridgehead atoms. The van der Waals surface area contributed by atoms with E-state index in [-0.39, 0.29) is 29.8 Å². The minimum absolute atomic E-state index is 0.0826. The highest BCUT2D eigenvalue weighted by Gasteiger charge is 2.22. The number of nitrogens with one attached hydrogen (secondary N) is 3. The summed E-state index contributed by atoms with van der Waals surface area (Å²) in [6, 6.07) is 12.1. The van der Waals surface area contributed by atoms with Crippen LogP contribution in [0.15, 0.2) is 53.4 Å². The summed E-state index contributed by atoms with van der Waals surface area (Å²) in [5.74, 6) is -0.629. The Balaban J connectivity index is 1.85. The molecule has 2 amide bonds. The van der Waals surface area contributed by atoms with E-state index in [4.69, 9.17) is 11.6 Å². The summed E-state index contributed by atoms with van der Waals surface area (Å²) in [4.78, 5) is 24.2. The summed E-state index contributed by atoms with van der Waals surface area (Å²) in [5.41, 5.74) is 0.191. The smallest absolute Gasteiger partial charge is 0.251 e. The molecule has 0 aliphatic carbocycles. The van der Waals surface area contributed by atoms with E-state index in [1.54, 1.807) is 45.0 Å². The van der Waals surface area contributed by atoms with Gasteiger partial charge in [0.05, 0.1) is 4.90 Å². The predicted molar refractivity (Wildman–Crippen MR) is 113 cm³/mol. The van der Waals surface area contributed by atoms with E-state index in [9.17, 15) is 18.0 Å². The van der Waals surface area contributed by atoms with Crippen molar-refractivity contribution in [2.75, 3.05) is 13.1 Å². The standard InChI is InChI=1S/C20H24ClN3O4S/c1-20(2,3)24-29(27,28)17-10-6-15(7-11-17)19(26)23-13-12-22-18(25)14-4-8-16(21)9-5-14/h4-11,24H,12-13H2,1-3H3,(H,22,25)(H,23,26). The summed E-state index contributed by atoms with van der Waals surface area (Å²) >= 11 is 5.78. The monoisotopic (exact) mass is 437 g/mol. The molecule has 156 valence electrons. The maximum absolute atomic E-state index is 12.3. The van der Waals surface area contributed by atoms with E-state index in [2.05, 4.69) is 15.4 Å². The number of carbonyl (C=O) groups is 2. The lowest BCUT2D eigenvalue weighted by Crippen LogP contribution is -2.40. The third kappa shape index (κ3) is 7.16. The van der Waals surface area contributed by atoms with E-state index >= 15 is 0 Å². The second kappa shape index (κ2) is 9.39. The molecule has 0 fully saturated rings. The molecule has 29 heavy (non-hydrogen) atoms. The number of carbonyl (C=O) groups excluding carboxylic acids is 2. The molecule has 0 aliphatic rings. The topological polar surface area (TPSA) is 104 Å². The van der Waals surface area contributed by atoms with Crippen LogP contribution in [0.1, 0.15) is 41.5 Å². The first kappa shape index (κ1) is 22.9. The van der Waals surface area contributed by atoms with Crippen LogP contribution >= 0.6 is 11.6 Å². The van der Waals surface area contributed by atoms with Gasteiger partial charge in [0.2, 0.25) is 10.0 Å². The second-order valence-corrected chi connectivity index (χ2v) is 9.52. The summed E-state index contributed by atoms with van der Waals surface area (Å²) < 4.78 is 27.1. The van der Waals surface area contributed by atoms with Crippen molar-refractivity contribution in [2.45, 2.75) is 31.2 Å². The van der Waals surface area contributed by atoms with Gasteiger partial charge in [-0.3, -0.25) is 9.59 Å². The van der Waals surface area contributed by atoms with Crippen LogP contribution in [0.3, 0.4) is 0 Å². The number of hydrogen-bond acceptors (Lipinski definition) is 4. The van der Waals surface area contributed by atoms with Gasteiger partial charge < -0.3 is 10.6 Å². The summed E-state index contributed by atoms with van der Waals surface area (Å²) in [6.45, 7) is 5.72. The third-order valence-electron chi connectivity index (χ3n) is 3.67. The number of benzene rings is 2. The first-order chi connectivity index (χ1) is 13.5. The van der Waals surface area contributed by atoms with Gasteiger partial charge in [-0.2, -0.15) is 0 Å². The maximum Gasteiger partial charge on any atom is 0.251 e. The Morgan fingerprint density at radius 3 is 1.66 bits per heavy atom. The van der Waals surface area contributed by atoms with Gasteiger partial charge in [-0.1, -0.05) is 11.6 Å². The number of amides is 2. The van der Waals surface area contributed by atoms with Crippen LogP contribution in [-0.4, -0.2) is 38.9 Å². The lowest BCUT2D eigenvalue weighted by Gasteiger charge is -2.20. The Bertz CT molecular complexity index is 966. The molecule has 2 aromatic carbocycles. The molecular formula is C20H24ClN3O4S. The second-order valence-electron chi connectivity index (χ2n) is 7.40. The van der Waals surface area contributed by atoms with Crippen molar-refractivity contribution in [3.8, 4) is 0 Å². The Morgan fingerprint density at radius 2 is 1.24 bits per heavy atom. The highest BCUT2D eigenvalue weighted by atomic mass is 35.5. The van der Waals surface area contributed by atoms with Gasteiger partial charge in [0, 0.05) is 34.8 Å². The highest BCUT2D eigenvalue weighted by molar-refractivity contribution is 7.89. The van der Waals surface area contributed by atoms with Crippen molar-refractivity contribution < 1.29 is 18.0 Å². The molecular weight excluding hydrogens is 414 g/mol. The predicted octanol–water partition coefficient (Wildman–Crippen LogP) is 2.58. The van der Waals surface area contributed by atoms with Crippen molar-refractivity contribution in [3.05, 3.63) is 64.7 Å². The molecule has 0 atom stereocenters. The fourth-order valence-electron chi connectivity index (χ4n) is 2.40. The van der Waals surface area contributed by atoms with Gasteiger partial charge >= 0.3 is 0 Å².